The van der Waals surface area contributed by atoms with Gasteiger partial charge in [0.25, 0.3) is 0 Å². The van der Waals surface area contributed by atoms with Gasteiger partial charge in [0.15, 0.2) is 0 Å². The van der Waals surface area contributed by atoms with E-state index in [1.165, 1.54) is 18.9 Å². The van der Waals surface area contributed by atoms with Crippen molar-refractivity contribution in [3.63, 3.8) is 0 Å². The molecule has 1 aromatic rings. The van der Waals surface area contributed by atoms with Gasteiger partial charge < -0.3 is 10.6 Å². The van der Waals surface area contributed by atoms with Crippen LogP contribution in [0.5, 0.6) is 0 Å². The molecule has 1 saturated heterocycles. The van der Waals surface area contributed by atoms with Crippen LogP contribution < -0.4 is 10.5 Å². The van der Waals surface area contributed by atoms with Gasteiger partial charge in [0.1, 0.15) is 0 Å². The van der Waals surface area contributed by atoms with E-state index in [2.05, 4.69) is 32.5 Å². The second-order valence-electron chi connectivity index (χ2n) is 5.61. The lowest BCUT2D eigenvalue weighted by atomic mass is 9.99. The van der Waals surface area contributed by atoms with Crippen molar-refractivity contribution in [2.24, 2.45) is 5.92 Å². The number of hydrogen-bond acceptors (Lipinski definition) is 4. The zero-order valence-corrected chi connectivity index (χ0v) is 14.6. The highest BCUT2D eigenvalue weighted by molar-refractivity contribution is 9.10. The maximum atomic E-state index is 12.3. The number of sulfonamides is 1. The Morgan fingerprint density at radius 2 is 2.05 bits per heavy atom. The molecule has 2 rings (SSSR count). The summed E-state index contributed by atoms with van der Waals surface area (Å²) in [7, 11) is -3.50. The van der Waals surface area contributed by atoms with Gasteiger partial charge >= 0.3 is 0 Å². The number of benzene rings is 1. The van der Waals surface area contributed by atoms with E-state index in [1.807, 2.05) is 0 Å². The van der Waals surface area contributed by atoms with Gasteiger partial charge in [-0.05, 0) is 66.0 Å². The molecule has 1 fully saturated rings. The summed E-state index contributed by atoms with van der Waals surface area (Å²) >= 11 is 3.25. The first kappa shape index (κ1) is 16.7. The standard InChI is InChI=1S/C14H22BrN3O2S/c1-11-4-7-18(8-5-11)9-6-17-21(19,20)14-3-2-12(16)10-13(14)15/h2-3,10-11,17H,4-9,16H2,1H3. The zero-order chi connectivity index (χ0) is 15.5. The fraction of sp³-hybridized carbons (Fsp3) is 0.571. The van der Waals surface area contributed by atoms with Gasteiger partial charge in [0.2, 0.25) is 10.0 Å². The lowest BCUT2D eigenvalue weighted by molar-refractivity contribution is 0.195. The van der Waals surface area contributed by atoms with Crippen molar-refractivity contribution in [1.82, 2.24) is 9.62 Å². The predicted octanol–water partition coefficient (Wildman–Crippen LogP) is 2.04. The second-order valence-corrected chi connectivity index (χ2v) is 8.20. The third-order valence-electron chi connectivity index (χ3n) is 3.84. The lowest BCUT2D eigenvalue weighted by Crippen LogP contribution is -2.39. The van der Waals surface area contributed by atoms with Crippen LogP contribution in [-0.2, 0) is 10.0 Å². The molecular formula is C14H22BrN3O2S. The minimum Gasteiger partial charge on any atom is -0.399 e. The van der Waals surface area contributed by atoms with Gasteiger partial charge in [0.05, 0.1) is 4.90 Å². The van der Waals surface area contributed by atoms with Gasteiger partial charge in [-0.15, -0.1) is 0 Å². The zero-order valence-electron chi connectivity index (χ0n) is 12.2. The number of hydrogen-bond donors (Lipinski definition) is 2. The number of nitrogen functional groups attached to an aromatic ring is 1. The van der Waals surface area contributed by atoms with E-state index in [-0.39, 0.29) is 4.90 Å². The Bertz CT molecular complexity index is 584. The quantitative estimate of drug-likeness (QED) is 0.772. The Morgan fingerprint density at radius 3 is 2.67 bits per heavy atom. The summed E-state index contributed by atoms with van der Waals surface area (Å²) in [6, 6.07) is 4.70. The summed E-state index contributed by atoms with van der Waals surface area (Å²) in [6.45, 7) is 5.54. The number of nitrogens with zero attached hydrogens (tertiary/aromatic N) is 1. The predicted molar refractivity (Wildman–Crippen MR) is 88.6 cm³/mol. The van der Waals surface area contributed by atoms with Crippen LogP contribution in [0.15, 0.2) is 27.6 Å². The molecule has 1 aliphatic heterocycles. The molecule has 0 aliphatic carbocycles. The fourth-order valence-corrected chi connectivity index (χ4v) is 4.55. The molecule has 0 unspecified atom stereocenters. The SMILES string of the molecule is CC1CCN(CCNS(=O)(=O)c2ccc(N)cc2Br)CC1. The first-order valence-electron chi connectivity index (χ1n) is 7.15. The Hall–Kier alpha value is -0.630. The number of anilines is 1. The maximum absolute atomic E-state index is 12.3. The molecule has 0 spiro atoms. The monoisotopic (exact) mass is 375 g/mol. The molecule has 21 heavy (non-hydrogen) atoms. The van der Waals surface area contributed by atoms with E-state index in [0.717, 1.165) is 25.6 Å². The molecule has 0 atom stereocenters. The van der Waals surface area contributed by atoms with Crippen LogP contribution in [0, 0.1) is 5.92 Å². The molecule has 0 saturated carbocycles. The highest BCUT2D eigenvalue weighted by atomic mass is 79.9. The number of halogens is 1. The van der Waals surface area contributed by atoms with Crippen LogP contribution in [0.2, 0.25) is 0 Å². The summed E-state index contributed by atoms with van der Waals surface area (Å²) in [5, 5.41) is 0. The summed E-state index contributed by atoms with van der Waals surface area (Å²) in [4.78, 5) is 2.53. The van der Waals surface area contributed by atoms with Gasteiger partial charge in [0, 0.05) is 23.2 Å². The first-order valence-corrected chi connectivity index (χ1v) is 9.43. The largest absolute Gasteiger partial charge is 0.399 e. The van der Waals surface area contributed by atoms with Crippen LogP contribution in [0.25, 0.3) is 0 Å². The van der Waals surface area contributed by atoms with Crippen molar-refractivity contribution < 1.29 is 8.42 Å². The number of likely N-dealkylation sites (tertiary alicyclic amines) is 1. The van der Waals surface area contributed by atoms with Gasteiger partial charge in [-0.1, -0.05) is 6.92 Å². The minimum absolute atomic E-state index is 0.226. The van der Waals surface area contributed by atoms with E-state index < -0.39 is 10.0 Å². The van der Waals surface area contributed by atoms with Gasteiger partial charge in [-0.3, -0.25) is 0 Å². The molecular weight excluding hydrogens is 354 g/mol. The van der Waals surface area contributed by atoms with E-state index in [4.69, 9.17) is 5.73 Å². The molecule has 7 heteroatoms. The Kier molecular flexibility index (Phi) is 5.65. The Labute approximate surface area is 135 Å². The van der Waals surface area contributed by atoms with Crippen LogP contribution in [0.1, 0.15) is 19.8 Å². The summed E-state index contributed by atoms with van der Waals surface area (Å²) in [5.41, 5.74) is 6.16. The molecule has 3 N–H and O–H groups in total. The molecule has 0 radical (unpaired) electrons. The van der Waals surface area contributed by atoms with Gasteiger partial charge in [-0.25, -0.2) is 13.1 Å². The molecule has 5 nitrogen and oxygen atoms in total. The minimum atomic E-state index is -3.50. The molecule has 1 aliphatic rings. The Morgan fingerprint density at radius 1 is 1.38 bits per heavy atom. The highest BCUT2D eigenvalue weighted by Crippen LogP contribution is 2.24. The van der Waals surface area contributed by atoms with Crippen molar-refractivity contribution in [3.8, 4) is 0 Å². The van der Waals surface area contributed by atoms with Crippen molar-refractivity contribution in [3.05, 3.63) is 22.7 Å². The fourth-order valence-electron chi connectivity index (χ4n) is 2.44. The summed E-state index contributed by atoms with van der Waals surface area (Å²) in [6.07, 6.45) is 2.38. The van der Waals surface area contributed by atoms with Crippen LogP contribution in [-0.4, -0.2) is 39.5 Å². The highest BCUT2D eigenvalue weighted by Gasteiger charge is 2.19. The summed E-state index contributed by atoms with van der Waals surface area (Å²) < 4.78 is 27.7. The number of nitrogens with two attached hydrogens (primary N) is 1. The maximum Gasteiger partial charge on any atom is 0.241 e. The van der Waals surface area contributed by atoms with E-state index in [0.29, 0.717) is 16.7 Å². The van der Waals surface area contributed by atoms with Crippen LogP contribution in [0.4, 0.5) is 5.69 Å². The summed E-state index contributed by atoms with van der Waals surface area (Å²) in [5.74, 6) is 0.781. The lowest BCUT2D eigenvalue weighted by Gasteiger charge is -2.30. The van der Waals surface area contributed by atoms with Crippen LogP contribution >= 0.6 is 15.9 Å². The van der Waals surface area contributed by atoms with Crippen molar-refractivity contribution >= 4 is 31.6 Å². The van der Waals surface area contributed by atoms with E-state index in [9.17, 15) is 8.42 Å². The third-order valence-corrected chi connectivity index (χ3v) is 6.28. The number of piperidine rings is 1. The number of nitrogens with one attached hydrogen (secondary N) is 1. The molecule has 1 aromatic carbocycles. The molecule has 0 bridgehead atoms. The third kappa shape index (κ3) is 4.67. The molecule has 0 aromatic heterocycles. The molecule has 0 amide bonds. The van der Waals surface area contributed by atoms with Crippen molar-refractivity contribution in [1.29, 1.82) is 0 Å². The van der Waals surface area contributed by atoms with E-state index >= 15 is 0 Å². The van der Waals surface area contributed by atoms with Crippen molar-refractivity contribution in [2.75, 3.05) is 31.9 Å². The van der Waals surface area contributed by atoms with E-state index in [1.54, 1.807) is 12.1 Å². The second kappa shape index (κ2) is 7.09. The number of rotatable bonds is 5. The molecule has 118 valence electrons. The van der Waals surface area contributed by atoms with Crippen LogP contribution in [0.3, 0.4) is 0 Å². The molecule has 1 heterocycles. The first-order chi connectivity index (χ1) is 9.88. The van der Waals surface area contributed by atoms with Crippen molar-refractivity contribution in [2.45, 2.75) is 24.7 Å². The smallest absolute Gasteiger partial charge is 0.241 e. The Balaban J connectivity index is 1.89. The van der Waals surface area contributed by atoms with Gasteiger partial charge in [-0.2, -0.15) is 0 Å². The topological polar surface area (TPSA) is 75.4 Å². The normalized spacial score (nSPS) is 18.0. The average molecular weight is 376 g/mol. The average Bonchev–Trinajstić information content (AvgIpc) is 2.40.